The molecule has 0 atom stereocenters. The van der Waals surface area contributed by atoms with Crippen LogP contribution in [0.3, 0.4) is 0 Å². The molecule has 1 N–H and O–H groups in total. The number of anilines is 2. The highest BCUT2D eigenvalue weighted by molar-refractivity contribution is 6.30. The van der Waals surface area contributed by atoms with Gasteiger partial charge in [0.05, 0.1) is 11.3 Å². The smallest absolute Gasteiger partial charge is 0.324 e. The molecule has 0 unspecified atom stereocenters. The van der Waals surface area contributed by atoms with Gasteiger partial charge in [-0.2, -0.15) is 13.2 Å². The molecule has 8 heteroatoms. The normalized spacial score (nSPS) is 11.2. The highest BCUT2D eigenvalue weighted by atomic mass is 35.5. The van der Waals surface area contributed by atoms with Crippen LogP contribution < -0.4 is 10.2 Å². The summed E-state index contributed by atoms with van der Waals surface area (Å²) in [5.74, 6) is -1.15. The second kappa shape index (κ2) is 8.43. The fraction of sp³-hybridized carbons (Fsp3) is 0.263. The molecule has 0 aliphatic rings. The standard InChI is InChI=1S/C19H18ClF3N2O2/c1-3-13-4-7-15(8-5-13)25(12(2)26)11-18(27)24-17-9-6-14(20)10-16(17)19(21,22)23/h4-10H,3,11H2,1-2H3,(H,24,27). The van der Waals surface area contributed by atoms with Crippen LogP contribution in [0.2, 0.25) is 5.02 Å². The number of hydrogen-bond donors (Lipinski definition) is 1. The number of carbonyl (C=O) groups is 2. The van der Waals surface area contributed by atoms with Crippen molar-refractivity contribution in [2.45, 2.75) is 26.4 Å². The highest BCUT2D eigenvalue weighted by Crippen LogP contribution is 2.36. The molecule has 2 rings (SSSR count). The van der Waals surface area contributed by atoms with E-state index in [1.165, 1.54) is 17.9 Å². The van der Waals surface area contributed by atoms with E-state index in [1.807, 2.05) is 19.1 Å². The lowest BCUT2D eigenvalue weighted by atomic mass is 10.1. The molecule has 4 nitrogen and oxygen atoms in total. The van der Waals surface area contributed by atoms with E-state index in [0.717, 1.165) is 24.1 Å². The molecule has 2 amide bonds. The van der Waals surface area contributed by atoms with Gasteiger partial charge < -0.3 is 10.2 Å². The number of amides is 2. The maximum atomic E-state index is 13.1. The number of nitrogens with one attached hydrogen (secondary N) is 1. The Morgan fingerprint density at radius 2 is 1.74 bits per heavy atom. The van der Waals surface area contributed by atoms with Gasteiger partial charge in [0.2, 0.25) is 11.8 Å². The number of carbonyl (C=O) groups excluding carboxylic acids is 2. The first-order chi connectivity index (χ1) is 12.6. The number of hydrogen-bond acceptors (Lipinski definition) is 2. The molecule has 0 aliphatic carbocycles. The van der Waals surface area contributed by atoms with Crippen molar-refractivity contribution in [3.63, 3.8) is 0 Å². The summed E-state index contributed by atoms with van der Waals surface area (Å²) in [6.07, 6.45) is -3.86. The number of nitrogens with zero attached hydrogens (tertiary/aromatic N) is 1. The third-order valence-electron chi connectivity index (χ3n) is 3.90. The number of benzene rings is 2. The molecule has 2 aromatic carbocycles. The van der Waals surface area contributed by atoms with Crippen LogP contribution in [0.25, 0.3) is 0 Å². The van der Waals surface area contributed by atoms with E-state index in [9.17, 15) is 22.8 Å². The summed E-state index contributed by atoms with van der Waals surface area (Å²) < 4.78 is 39.4. The zero-order valence-corrected chi connectivity index (χ0v) is 15.5. The molecule has 0 radical (unpaired) electrons. The molecule has 27 heavy (non-hydrogen) atoms. The number of halogens is 4. The quantitative estimate of drug-likeness (QED) is 0.777. The van der Waals surface area contributed by atoms with Gasteiger partial charge >= 0.3 is 6.18 Å². The Balaban J connectivity index is 2.21. The maximum absolute atomic E-state index is 13.1. The van der Waals surface area contributed by atoms with Crippen molar-refractivity contribution in [3.8, 4) is 0 Å². The highest BCUT2D eigenvalue weighted by Gasteiger charge is 2.34. The van der Waals surface area contributed by atoms with Crippen LogP contribution in [0, 0.1) is 0 Å². The SMILES string of the molecule is CCc1ccc(N(CC(=O)Nc2ccc(Cl)cc2C(F)(F)F)C(C)=O)cc1. The van der Waals surface area contributed by atoms with E-state index in [-0.39, 0.29) is 5.02 Å². The summed E-state index contributed by atoms with van der Waals surface area (Å²) in [5, 5.41) is 2.11. The van der Waals surface area contributed by atoms with Gasteiger partial charge in [-0.15, -0.1) is 0 Å². The Bertz CT molecular complexity index is 836. The van der Waals surface area contributed by atoms with E-state index in [4.69, 9.17) is 11.6 Å². The fourth-order valence-electron chi connectivity index (χ4n) is 2.49. The van der Waals surface area contributed by atoms with Gasteiger partial charge in [-0.1, -0.05) is 30.7 Å². The summed E-state index contributed by atoms with van der Waals surface area (Å²) in [4.78, 5) is 25.4. The number of rotatable bonds is 5. The second-order valence-electron chi connectivity index (χ2n) is 5.86. The summed E-state index contributed by atoms with van der Waals surface area (Å²) in [7, 11) is 0. The third-order valence-corrected chi connectivity index (χ3v) is 4.13. The van der Waals surface area contributed by atoms with Crippen LogP contribution in [-0.4, -0.2) is 18.4 Å². The Labute approximate surface area is 159 Å². The van der Waals surface area contributed by atoms with Crippen molar-refractivity contribution in [1.29, 1.82) is 0 Å². The molecule has 0 heterocycles. The molecule has 0 fully saturated rings. The summed E-state index contributed by atoms with van der Waals surface area (Å²) in [5.41, 5.74) is 0.0800. The number of aryl methyl sites for hydroxylation is 1. The zero-order chi connectivity index (χ0) is 20.2. The van der Waals surface area contributed by atoms with Crippen molar-refractivity contribution in [1.82, 2.24) is 0 Å². The minimum Gasteiger partial charge on any atom is -0.324 e. The van der Waals surface area contributed by atoms with E-state index in [1.54, 1.807) is 12.1 Å². The molecule has 0 bridgehead atoms. The van der Waals surface area contributed by atoms with Crippen molar-refractivity contribution < 1.29 is 22.8 Å². The minimum atomic E-state index is -4.68. The van der Waals surface area contributed by atoms with Crippen LogP contribution in [0.15, 0.2) is 42.5 Å². The van der Waals surface area contributed by atoms with Gasteiger partial charge in [-0.05, 0) is 42.3 Å². The average molecular weight is 399 g/mol. The predicted molar refractivity (Wildman–Crippen MR) is 98.9 cm³/mol. The van der Waals surface area contributed by atoms with E-state index < -0.39 is 35.8 Å². The Kier molecular flexibility index (Phi) is 6.49. The molecule has 144 valence electrons. The first kappa shape index (κ1) is 20.8. The molecular formula is C19H18ClF3N2O2. The molecule has 2 aromatic rings. The van der Waals surface area contributed by atoms with Crippen LogP contribution in [0.1, 0.15) is 25.0 Å². The van der Waals surface area contributed by atoms with Crippen molar-refractivity contribution in [2.75, 3.05) is 16.8 Å². The van der Waals surface area contributed by atoms with Crippen LogP contribution in [0.5, 0.6) is 0 Å². The minimum absolute atomic E-state index is 0.0956. The van der Waals surface area contributed by atoms with Crippen LogP contribution in [0.4, 0.5) is 24.5 Å². The topological polar surface area (TPSA) is 49.4 Å². The largest absolute Gasteiger partial charge is 0.418 e. The van der Waals surface area contributed by atoms with Crippen molar-refractivity contribution >= 4 is 34.8 Å². The third kappa shape index (κ3) is 5.47. The number of alkyl halides is 3. The molecule has 0 saturated heterocycles. The Morgan fingerprint density at radius 1 is 1.11 bits per heavy atom. The van der Waals surface area contributed by atoms with E-state index in [2.05, 4.69) is 5.32 Å². The lowest BCUT2D eigenvalue weighted by Crippen LogP contribution is -2.37. The lowest BCUT2D eigenvalue weighted by molar-refractivity contribution is -0.137. The van der Waals surface area contributed by atoms with Gasteiger partial charge in [0.15, 0.2) is 0 Å². The fourth-order valence-corrected chi connectivity index (χ4v) is 2.66. The van der Waals surface area contributed by atoms with Crippen LogP contribution in [-0.2, 0) is 22.2 Å². The van der Waals surface area contributed by atoms with Crippen LogP contribution >= 0.6 is 11.6 Å². The molecule has 0 aliphatic heterocycles. The summed E-state index contributed by atoms with van der Waals surface area (Å²) in [6, 6.07) is 10.1. The average Bonchev–Trinajstić information content (AvgIpc) is 2.60. The van der Waals surface area contributed by atoms with Crippen molar-refractivity contribution in [3.05, 3.63) is 58.6 Å². The molecular weight excluding hydrogens is 381 g/mol. The molecule has 0 saturated carbocycles. The maximum Gasteiger partial charge on any atom is 0.418 e. The van der Waals surface area contributed by atoms with Crippen molar-refractivity contribution in [2.24, 2.45) is 0 Å². The van der Waals surface area contributed by atoms with Gasteiger partial charge in [-0.3, -0.25) is 9.59 Å². The lowest BCUT2D eigenvalue weighted by Gasteiger charge is -2.22. The molecule has 0 spiro atoms. The predicted octanol–water partition coefficient (Wildman–Crippen LogP) is 4.91. The van der Waals surface area contributed by atoms with Gasteiger partial charge in [0.25, 0.3) is 0 Å². The van der Waals surface area contributed by atoms with E-state index in [0.29, 0.717) is 5.69 Å². The van der Waals surface area contributed by atoms with Gasteiger partial charge in [-0.25, -0.2) is 0 Å². The Morgan fingerprint density at radius 3 is 2.26 bits per heavy atom. The summed E-state index contributed by atoms with van der Waals surface area (Å²) >= 11 is 5.62. The van der Waals surface area contributed by atoms with Gasteiger partial charge in [0.1, 0.15) is 6.54 Å². The second-order valence-corrected chi connectivity index (χ2v) is 6.30. The Hall–Kier alpha value is -2.54. The summed E-state index contributed by atoms with van der Waals surface area (Å²) in [6.45, 7) is 2.85. The first-order valence-corrected chi connectivity index (χ1v) is 8.53. The van der Waals surface area contributed by atoms with Gasteiger partial charge in [0, 0.05) is 17.6 Å². The first-order valence-electron chi connectivity index (χ1n) is 8.15. The monoisotopic (exact) mass is 398 g/mol. The van der Waals surface area contributed by atoms with E-state index >= 15 is 0 Å². The zero-order valence-electron chi connectivity index (χ0n) is 14.7. The molecule has 0 aromatic heterocycles.